The normalized spacial score (nSPS) is 10.7. The standard InChI is InChI=1S/C12H15ClN2O2S/c1-4-5-14-12-15-9-7(13)6-8(16-2)10(17-3)11(9)18-12/h6H,4-5H2,1-3H3,(H,14,15). The van der Waals surface area contributed by atoms with E-state index in [4.69, 9.17) is 21.1 Å². The zero-order chi connectivity index (χ0) is 13.1. The molecule has 0 atom stereocenters. The number of nitrogens with one attached hydrogen (secondary N) is 1. The number of aromatic nitrogens is 1. The molecule has 0 radical (unpaired) electrons. The van der Waals surface area contributed by atoms with E-state index in [2.05, 4.69) is 17.2 Å². The van der Waals surface area contributed by atoms with Gasteiger partial charge in [-0.3, -0.25) is 0 Å². The predicted octanol–water partition coefficient (Wildman–Crippen LogP) is 3.79. The van der Waals surface area contributed by atoms with Crippen molar-refractivity contribution in [2.75, 3.05) is 26.1 Å². The Morgan fingerprint density at radius 2 is 2.17 bits per heavy atom. The fourth-order valence-electron chi connectivity index (χ4n) is 1.65. The van der Waals surface area contributed by atoms with Crippen molar-refractivity contribution in [1.82, 2.24) is 4.98 Å². The minimum Gasteiger partial charge on any atom is -0.493 e. The maximum atomic E-state index is 6.20. The first kappa shape index (κ1) is 13.2. The average molecular weight is 287 g/mol. The number of halogens is 1. The van der Waals surface area contributed by atoms with E-state index in [9.17, 15) is 0 Å². The van der Waals surface area contributed by atoms with E-state index in [1.807, 2.05) is 0 Å². The average Bonchev–Trinajstić information content (AvgIpc) is 2.80. The Morgan fingerprint density at radius 3 is 2.78 bits per heavy atom. The highest BCUT2D eigenvalue weighted by Crippen LogP contribution is 2.43. The van der Waals surface area contributed by atoms with Crippen molar-refractivity contribution in [1.29, 1.82) is 0 Å². The van der Waals surface area contributed by atoms with E-state index in [1.54, 1.807) is 20.3 Å². The molecule has 0 fully saturated rings. The zero-order valence-corrected chi connectivity index (χ0v) is 12.1. The van der Waals surface area contributed by atoms with Gasteiger partial charge in [-0.2, -0.15) is 0 Å². The second-order valence-electron chi connectivity index (χ2n) is 3.72. The Morgan fingerprint density at radius 1 is 1.39 bits per heavy atom. The summed E-state index contributed by atoms with van der Waals surface area (Å²) >= 11 is 7.72. The van der Waals surface area contributed by atoms with Crippen LogP contribution in [0.4, 0.5) is 5.13 Å². The summed E-state index contributed by atoms with van der Waals surface area (Å²) in [6.45, 7) is 2.99. The lowest BCUT2D eigenvalue weighted by Crippen LogP contribution is -1.98. The Labute approximate surface area is 115 Å². The molecule has 0 unspecified atom stereocenters. The predicted molar refractivity (Wildman–Crippen MR) is 76.5 cm³/mol. The number of rotatable bonds is 5. The van der Waals surface area contributed by atoms with Gasteiger partial charge in [0.2, 0.25) is 0 Å². The summed E-state index contributed by atoms with van der Waals surface area (Å²) in [6, 6.07) is 1.73. The lowest BCUT2D eigenvalue weighted by atomic mass is 10.3. The molecule has 98 valence electrons. The topological polar surface area (TPSA) is 43.4 Å². The molecular weight excluding hydrogens is 272 g/mol. The lowest BCUT2D eigenvalue weighted by molar-refractivity contribution is 0.359. The summed E-state index contributed by atoms with van der Waals surface area (Å²) < 4.78 is 11.5. The SMILES string of the molecule is CCCNc1nc2c(Cl)cc(OC)c(OC)c2s1. The first-order valence-corrected chi connectivity index (χ1v) is 6.85. The van der Waals surface area contributed by atoms with Crippen molar-refractivity contribution in [3.63, 3.8) is 0 Å². The first-order valence-electron chi connectivity index (χ1n) is 5.66. The van der Waals surface area contributed by atoms with E-state index >= 15 is 0 Å². The number of nitrogens with zero attached hydrogens (tertiary/aromatic N) is 1. The van der Waals surface area contributed by atoms with Crippen LogP contribution >= 0.6 is 22.9 Å². The van der Waals surface area contributed by atoms with Crippen molar-refractivity contribution in [2.24, 2.45) is 0 Å². The van der Waals surface area contributed by atoms with Crippen LogP contribution in [0.1, 0.15) is 13.3 Å². The minimum atomic E-state index is 0.573. The fourth-order valence-corrected chi connectivity index (χ4v) is 2.97. The van der Waals surface area contributed by atoms with Crippen LogP contribution in [-0.4, -0.2) is 25.7 Å². The summed E-state index contributed by atoms with van der Waals surface area (Å²) in [7, 11) is 3.21. The van der Waals surface area contributed by atoms with Crippen LogP contribution in [0.5, 0.6) is 11.5 Å². The second-order valence-corrected chi connectivity index (χ2v) is 5.12. The Bertz CT molecular complexity index is 556. The van der Waals surface area contributed by atoms with E-state index in [1.165, 1.54) is 11.3 Å². The van der Waals surface area contributed by atoms with Gasteiger partial charge in [-0.25, -0.2) is 4.98 Å². The Kier molecular flexibility index (Phi) is 4.14. The van der Waals surface area contributed by atoms with Gasteiger partial charge in [0, 0.05) is 12.6 Å². The molecule has 0 saturated carbocycles. The van der Waals surface area contributed by atoms with Crippen molar-refractivity contribution < 1.29 is 9.47 Å². The summed E-state index contributed by atoms with van der Waals surface area (Å²) in [5, 5.41) is 4.67. The molecule has 1 aromatic carbocycles. The number of methoxy groups -OCH3 is 2. The van der Waals surface area contributed by atoms with Gasteiger partial charge in [0.25, 0.3) is 0 Å². The molecule has 1 N–H and O–H groups in total. The number of anilines is 1. The molecule has 0 aliphatic carbocycles. The van der Waals surface area contributed by atoms with Crippen LogP contribution < -0.4 is 14.8 Å². The van der Waals surface area contributed by atoms with E-state index in [0.29, 0.717) is 16.5 Å². The van der Waals surface area contributed by atoms with Gasteiger partial charge in [-0.05, 0) is 6.42 Å². The van der Waals surface area contributed by atoms with Crippen molar-refractivity contribution in [3.05, 3.63) is 11.1 Å². The van der Waals surface area contributed by atoms with Crippen LogP contribution in [0.2, 0.25) is 5.02 Å². The van der Waals surface area contributed by atoms with Gasteiger partial charge in [0.05, 0.1) is 19.2 Å². The number of hydrogen-bond donors (Lipinski definition) is 1. The minimum absolute atomic E-state index is 0.573. The highest BCUT2D eigenvalue weighted by molar-refractivity contribution is 7.22. The zero-order valence-electron chi connectivity index (χ0n) is 10.5. The molecule has 0 amide bonds. The first-order chi connectivity index (χ1) is 8.71. The third kappa shape index (κ3) is 2.33. The quantitative estimate of drug-likeness (QED) is 0.908. The lowest BCUT2D eigenvalue weighted by Gasteiger charge is -2.08. The Hall–Kier alpha value is -1.20. The summed E-state index contributed by atoms with van der Waals surface area (Å²) in [5.41, 5.74) is 0.748. The number of hydrogen-bond acceptors (Lipinski definition) is 5. The molecule has 4 nitrogen and oxygen atoms in total. The third-order valence-corrected chi connectivity index (χ3v) is 3.79. The fraction of sp³-hybridized carbons (Fsp3) is 0.417. The van der Waals surface area contributed by atoms with Crippen molar-refractivity contribution in [2.45, 2.75) is 13.3 Å². The highest BCUT2D eigenvalue weighted by Gasteiger charge is 2.17. The van der Waals surface area contributed by atoms with E-state index < -0.39 is 0 Å². The molecule has 2 aromatic rings. The molecule has 0 aliphatic rings. The van der Waals surface area contributed by atoms with Gasteiger partial charge < -0.3 is 14.8 Å². The largest absolute Gasteiger partial charge is 0.493 e. The molecule has 1 heterocycles. The molecule has 1 aromatic heterocycles. The van der Waals surface area contributed by atoms with Gasteiger partial charge in [0.15, 0.2) is 16.6 Å². The maximum Gasteiger partial charge on any atom is 0.183 e. The molecular formula is C12H15ClN2O2S. The molecule has 0 spiro atoms. The molecule has 2 rings (SSSR count). The van der Waals surface area contributed by atoms with Crippen LogP contribution in [0.15, 0.2) is 6.07 Å². The van der Waals surface area contributed by atoms with Crippen molar-refractivity contribution in [3.8, 4) is 11.5 Å². The number of fused-ring (bicyclic) bond motifs is 1. The monoisotopic (exact) mass is 286 g/mol. The summed E-state index contributed by atoms with van der Waals surface area (Å²) in [5.74, 6) is 1.31. The van der Waals surface area contributed by atoms with Crippen LogP contribution in [0, 0.1) is 0 Å². The third-order valence-electron chi connectivity index (χ3n) is 2.49. The summed E-state index contributed by atoms with van der Waals surface area (Å²) in [4.78, 5) is 4.47. The van der Waals surface area contributed by atoms with E-state index in [0.717, 1.165) is 28.3 Å². The molecule has 0 aliphatic heterocycles. The molecule has 6 heteroatoms. The second kappa shape index (κ2) is 5.63. The van der Waals surface area contributed by atoms with Gasteiger partial charge in [-0.1, -0.05) is 29.9 Å². The van der Waals surface area contributed by atoms with Crippen molar-refractivity contribution >= 4 is 38.3 Å². The number of ether oxygens (including phenoxy) is 2. The van der Waals surface area contributed by atoms with E-state index in [-0.39, 0.29) is 0 Å². The molecule has 0 bridgehead atoms. The van der Waals surface area contributed by atoms with Crippen LogP contribution in [-0.2, 0) is 0 Å². The van der Waals surface area contributed by atoms with Crippen LogP contribution in [0.25, 0.3) is 10.2 Å². The molecule has 18 heavy (non-hydrogen) atoms. The number of benzene rings is 1. The van der Waals surface area contributed by atoms with Gasteiger partial charge >= 0.3 is 0 Å². The smallest absolute Gasteiger partial charge is 0.183 e. The number of thiazole rings is 1. The van der Waals surface area contributed by atoms with Gasteiger partial charge in [-0.15, -0.1) is 0 Å². The molecule has 0 saturated heterocycles. The van der Waals surface area contributed by atoms with Crippen LogP contribution in [0.3, 0.4) is 0 Å². The maximum absolute atomic E-state index is 6.20. The Balaban J connectivity index is 2.55. The highest BCUT2D eigenvalue weighted by atomic mass is 35.5. The van der Waals surface area contributed by atoms with Gasteiger partial charge in [0.1, 0.15) is 10.2 Å². The summed E-state index contributed by atoms with van der Waals surface area (Å²) in [6.07, 6.45) is 1.05.